The van der Waals surface area contributed by atoms with Gasteiger partial charge in [0.2, 0.25) is 0 Å². The summed E-state index contributed by atoms with van der Waals surface area (Å²) in [4.78, 5) is 0. The van der Waals surface area contributed by atoms with E-state index in [2.05, 4.69) is 33.2 Å². The van der Waals surface area contributed by atoms with Crippen molar-refractivity contribution in [2.75, 3.05) is 0 Å². The third-order valence-electron chi connectivity index (χ3n) is 2.56. The molecule has 0 radical (unpaired) electrons. The Morgan fingerprint density at radius 1 is 0.682 bits per heavy atom. The number of hydrogen-bond donors (Lipinski definition) is 0. The molecule has 0 rings (SSSR count). The SMILES string of the molecule is CCCC(F)(F)C(F)(F)C(F)(F)C(F)(F)C(F)(F)[Si](Cl)(Cl)Cl. The van der Waals surface area contributed by atoms with Crippen LogP contribution in [0.3, 0.4) is 0 Å². The average molecular weight is 428 g/mol. The van der Waals surface area contributed by atoms with Crippen LogP contribution in [0.4, 0.5) is 43.9 Å². The normalized spacial score (nSPS) is 16.1. The molecule has 0 unspecified atom stereocenters. The van der Waals surface area contributed by atoms with Crippen molar-refractivity contribution in [3.8, 4) is 0 Å². The van der Waals surface area contributed by atoms with Crippen LogP contribution in [0.2, 0.25) is 0 Å². The highest BCUT2D eigenvalue weighted by Crippen LogP contribution is 2.60. The van der Waals surface area contributed by atoms with Crippen molar-refractivity contribution < 1.29 is 43.9 Å². The topological polar surface area (TPSA) is 0 Å². The molecule has 0 spiro atoms. The molecule has 22 heavy (non-hydrogen) atoms. The number of alkyl halides is 10. The van der Waals surface area contributed by atoms with E-state index in [1.165, 1.54) is 0 Å². The highest BCUT2D eigenvalue weighted by molar-refractivity contribution is 7.65. The van der Waals surface area contributed by atoms with Crippen molar-refractivity contribution in [3.63, 3.8) is 0 Å². The third kappa shape index (κ3) is 3.14. The molecule has 0 atom stereocenters. The Labute approximate surface area is 132 Å². The first-order valence-electron chi connectivity index (χ1n) is 5.27. The maximum absolute atomic E-state index is 13.2. The van der Waals surface area contributed by atoms with Crippen molar-refractivity contribution >= 4 is 39.2 Å². The molecule has 0 aromatic heterocycles. The molecule has 0 nitrogen and oxygen atoms in total. The summed E-state index contributed by atoms with van der Waals surface area (Å²) in [6, 6.07) is -6.01. The van der Waals surface area contributed by atoms with Crippen LogP contribution in [0.15, 0.2) is 0 Å². The zero-order valence-electron chi connectivity index (χ0n) is 10.3. The molecule has 0 aliphatic carbocycles. The lowest BCUT2D eigenvalue weighted by Crippen LogP contribution is -2.70. The Morgan fingerprint density at radius 2 is 1.05 bits per heavy atom. The van der Waals surface area contributed by atoms with Gasteiger partial charge in [0.1, 0.15) is 0 Å². The molecule has 14 heteroatoms. The van der Waals surface area contributed by atoms with Gasteiger partial charge in [-0.05, 0) is 0 Å². The highest BCUT2D eigenvalue weighted by Gasteiger charge is 2.89. The van der Waals surface area contributed by atoms with Gasteiger partial charge in [0.15, 0.2) is 0 Å². The van der Waals surface area contributed by atoms with Gasteiger partial charge in [0, 0.05) is 6.42 Å². The van der Waals surface area contributed by atoms with Crippen LogP contribution in [0, 0.1) is 0 Å². The standard InChI is InChI=1S/C8H7Cl3F10Si/c1-2-3-4(12,13)5(14,15)6(16,17)7(18,19)8(20,21)22(9,10)11/h2-3H2,1H3. The van der Waals surface area contributed by atoms with Crippen LogP contribution in [0.25, 0.3) is 0 Å². The third-order valence-corrected chi connectivity index (χ3v) is 5.72. The van der Waals surface area contributed by atoms with Crippen molar-refractivity contribution in [2.45, 2.75) is 49.0 Å². The lowest BCUT2D eigenvalue weighted by Gasteiger charge is -2.40. The summed E-state index contributed by atoms with van der Waals surface area (Å²) in [7, 11) is 0. The van der Waals surface area contributed by atoms with E-state index in [0.717, 1.165) is 6.92 Å². The second-order valence-corrected chi connectivity index (χ2v) is 12.7. The monoisotopic (exact) mass is 426 g/mol. The van der Waals surface area contributed by atoms with Crippen molar-refractivity contribution in [3.05, 3.63) is 0 Å². The summed E-state index contributed by atoms with van der Waals surface area (Å²) >= 11 is 13.5. The number of halogens is 13. The Morgan fingerprint density at radius 3 is 1.32 bits per heavy atom. The smallest absolute Gasteiger partial charge is 0.200 e. The van der Waals surface area contributed by atoms with E-state index in [1.54, 1.807) is 0 Å². The Hall–Kier alpha value is 0.387. The molecule has 0 saturated carbocycles. The molecular formula is C8H7Cl3F10Si. The fraction of sp³-hybridized carbons (Fsp3) is 1.00. The zero-order chi connectivity index (χ0) is 18.4. The summed E-state index contributed by atoms with van der Waals surface area (Å²) < 4.78 is 132. The minimum atomic E-state index is -7.17. The lowest BCUT2D eigenvalue weighted by molar-refractivity contribution is -0.391. The largest absolute Gasteiger partial charge is 0.424 e. The first-order chi connectivity index (χ1) is 9.31. The summed E-state index contributed by atoms with van der Waals surface area (Å²) in [6.45, 7) is 0.864. The quantitative estimate of drug-likeness (QED) is 0.259. The van der Waals surface area contributed by atoms with E-state index in [0.29, 0.717) is 0 Å². The summed E-state index contributed by atoms with van der Waals surface area (Å²) in [6.07, 6.45) is -2.75. The molecule has 0 amide bonds. The number of hydrogen-bond acceptors (Lipinski definition) is 0. The maximum atomic E-state index is 13.2. The van der Waals surface area contributed by atoms with Crippen LogP contribution in [-0.2, 0) is 0 Å². The summed E-state index contributed by atoms with van der Waals surface area (Å²) in [5, 5.41) is 0. The average Bonchev–Trinajstić information content (AvgIpc) is 2.26. The zero-order valence-corrected chi connectivity index (χ0v) is 13.6. The van der Waals surface area contributed by atoms with Gasteiger partial charge >= 0.3 is 35.2 Å². The van der Waals surface area contributed by atoms with Gasteiger partial charge in [0.25, 0.3) is 0 Å². The number of rotatable bonds is 7. The second kappa shape index (κ2) is 6.03. The van der Waals surface area contributed by atoms with Gasteiger partial charge in [-0.15, -0.1) is 33.2 Å². The molecule has 0 aromatic carbocycles. The molecule has 0 fully saturated rings. The van der Waals surface area contributed by atoms with Crippen molar-refractivity contribution in [1.82, 2.24) is 0 Å². The van der Waals surface area contributed by atoms with Gasteiger partial charge in [-0.1, -0.05) is 13.3 Å². The first-order valence-corrected chi connectivity index (χ1v) is 10.3. The second-order valence-electron chi connectivity index (χ2n) is 4.25. The van der Waals surface area contributed by atoms with Gasteiger partial charge in [0.05, 0.1) is 0 Å². The fourth-order valence-corrected chi connectivity index (χ4v) is 2.85. The van der Waals surface area contributed by atoms with Crippen LogP contribution in [0.5, 0.6) is 0 Å². The predicted molar refractivity (Wildman–Crippen MR) is 63.0 cm³/mol. The van der Waals surface area contributed by atoms with Gasteiger partial charge < -0.3 is 0 Å². The Kier molecular flexibility index (Phi) is 6.14. The molecule has 0 saturated heterocycles. The minimum Gasteiger partial charge on any atom is -0.200 e. The van der Waals surface area contributed by atoms with Crippen LogP contribution in [-0.4, -0.2) is 35.2 Å². The van der Waals surface area contributed by atoms with E-state index in [4.69, 9.17) is 0 Å². The van der Waals surface area contributed by atoms with Crippen molar-refractivity contribution in [2.24, 2.45) is 0 Å². The molecule has 0 heterocycles. The predicted octanol–water partition coefficient (Wildman–Crippen LogP) is 6.16. The van der Waals surface area contributed by atoms with E-state index in [1.807, 2.05) is 0 Å². The summed E-state index contributed by atoms with van der Waals surface area (Å²) in [5.74, 6) is -26.7. The molecular weight excluding hydrogens is 421 g/mol. The molecule has 0 aliphatic rings. The Balaban J connectivity index is 6.11. The molecule has 0 N–H and O–H groups in total. The highest BCUT2D eigenvalue weighted by atomic mass is 35.8. The van der Waals surface area contributed by atoms with Crippen LogP contribution >= 0.6 is 33.2 Å². The van der Waals surface area contributed by atoms with E-state index in [9.17, 15) is 43.9 Å². The minimum absolute atomic E-state index is 0.806. The van der Waals surface area contributed by atoms with E-state index < -0.39 is 48.1 Å². The van der Waals surface area contributed by atoms with Gasteiger partial charge in [-0.25, -0.2) is 0 Å². The fourth-order valence-electron chi connectivity index (χ4n) is 1.27. The van der Waals surface area contributed by atoms with Crippen LogP contribution < -0.4 is 0 Å². The Bertz CT molecular complexity index is 405. The van der Waals surface area contributed by atoms with Crippen molar-refractivity contribution in [1.29, 1.82) is 0 Å². The van der Waals surface area contributed by atoms with E-state index >= 15 is 0 Å². The molecule has 0 aliphatic heterocycles. The van der Waals surface area contributed by atoms with E-state index in [-0.39, 0.29) is 0 Å². The molecule has 0 bridgehead atoms. The van der Waals surface area contributed by atoms with Gasteiger partial charge in [-0.3, -0.25) is 0 Å². The first kappa shape index (κ1) is 22.4. The molecule has 134 valence electrons. The molecule has 0 aromatic rings. The summed E-state index contributed by atoms with van der Waals surface area (Å²) in [5.41, 5.74) is -6.22. The maximum Gasteiger partial charge on any atom is 0.424 e. The van der Waals surface area contributed by atoms with Crippen LogP contribution in [0.1, 0.15) is 19.8 Å². The van der Waals surface area contributed by atoms with Gasteiger partial charge in [-0.2, -0.15) is 43.9 Å². The lowest BCUT2D eigenvalue weighted by atomic mass is 9.96.